The monoisotopic (exact) mass is 428 g/mol. The smallest absolute Gasteiger partial charge is 0.238 e. The van der Waals surface area contributed by atoms with E-state index in [1.54, 1.807) is 7.11 Å². The summed E-state index contributed by atoms with van der Waals surface area (Å²) in [5.41, 5.74) is 0.0451. The van der Waals surface area contributed by atoms with Crippen molar-refractivity contribution in [2.45, 2.75) is 32.4 Å². The molecule has 1 fully saturated rings. The van der Waals surface area contributed by atoms with Crippen LogP contribution in [0.15, 0.2) is 18.2 Å². The highest BCUT2D eigenvalue weighted by Gasteiger charge is 2.29. The van der Waals surface area contributed by atoms with Crippen molar-refractivity contribution in [2.75, 3.05) is 51.8 Å². The van der Waals surface area contributed by atoms with Gasteiger partial charge in [0.1, 0.15) is 5.82 Å². The Morgan fingerprint density at radius 1 is 1.21 bits per heavy atom. The molecule has 2 N–H and O–H groups in total. The summed E-state index contributed by atoms with van der Waals surface area (Å²) in [6.07, 6.45) is 0. The van der Waals surface area contributed by atoms with Crippen molar-refractivity contribution in [1.29, 1.82) is 0 Å². The number of piperazine rings is 1. The molecule has 1 aromatic rings. The van der Waals surface area contributed by atoms with Crippen molar-refractivity contribution >= 4 is 29.1 Å². The van der Waals surface area contributed by atoms with Gasteiger partial charge in [-0.25, -0.2) is 4.39 Å². The summed E-state index contributed by atoms with van der Waals surface area (Å²) in [7, 11) is 1.61. The zero-order chi connectivity index (χ0) is 21.6. The van der Waals surface area contributed by atoms with Gasteiger partial charge in [-0.15, -0.1) is 0 Å². The van der Waals surface area contributed by atoms with Crippen molar-refractivity contribution in [1.82, 2.24) is 15.1 Å². The molecule has 7 nitrogen and oxygen atoms in total. The number of amides is 2. The van der Waals surface area contributed by atoms with Crippen LogP contribution in [0.2, 0.25) is 5.02 Å². The maximum Gasteiger partial charge on any atom is 0.238 e. The number of hydrogen-bond donors (Lipinski definition) is 2. The molecule has 1 saturated heterocycles. The van der Waals surface area contributed by atoms with Gasteiger partial charge in [0.05, 0.1) is 19.7 Å². The molecule has 2 rings (SSSR count). The SMILES string of the molecule is COCC1CN(CC(=O)NC(C)(C)C)CCN1CC(=O)Nc1cc(F)cc(Cl)c1. The Balaban J connectivity index is 1.92. The summed E-state index contributed by atoms with van der Waals surface area (Å²) in [5, 5.41) is 5.86. The standard InChI is InChI=1S/C20H30ClFN4O3/c1-20(2,3)24-19(28)11-25-5-6-26(17(10-25)13-29-4)12-18(27)23-16-8-14(21)7-15(22)9-16/h7-9,17H,5-6,10-13H2,1-4H3,(H,23,27)(H,24,28). The predicted molar refractivity (Wildman–Crippen MR) is 112 cm³/mol. The first kappa shape index (κ1) is 23.5. The summed E-state index contributed by atoms with van der Waals surface area (Å²) >= 11 is 5.83. The van der Waals surface area contributed by atoms with E-state index in [1.165, 1.54) is 18.2 Å². The molecule has 2 amide bonds. The minimum Gasteiger partial charge on any atom is -0.383 e. The normalized spacial score (nSPS) is 18.5. The molecule has 0 aromatic heterocycles. The highest BCUT2D eigenvalue weighted by molar-refractivity contribution is 6.30. The van der Waals surface area contributed by atoms with Gasteiger partial charge >= 0.3 is 0 Å². The summed E-state index contributed by atoms with van der Waals surface area (Å²) in [4.78, 5) is 28.7. The molecule has 1 aliphatic heterocycles. The van der Waals surface area contributed by atoms with Gasteiger partial charge in [-0.1, -0.05) is 11.6 Å². The lowest BCUT2D eigenvalue weighted by atomic mass is 10.1. The Morgan fingerprint density at radius 3 is 2.55 bits per heavy atom. The average molecular weight is 429 g/mol. The minimum atomic E-state index is -0.507. The van der Waals surface area contributed by atoms with Crippen molar-refractivity contribution in [3.63, 3.8) is 0 Å². The maximum atomic E-state index is 13.4. The van der Waals surface area contributed by atoms with Crippen molar-refractivity contribution < 1.29 is 18.7 Å². The Kier molecular flexibility index (Phi) is 8.39. The van der Waals surface area contributed by atoms with E-state index in [0.29, 0.717) is 38.5 Å². The Hall–Kier alpha value is -1.74. The number of benzene rings is 1. The van der Waals surface area contributed by atoms with Crippen molar-refractivity contribution in [3.05, 3.63) is 29.0 Å². The van der Waals surface area contributed by atoms with Gasteiger partial charge in [-0.3, -0.25) is 19.4 Å². The van der Waals surface area contributed by atoms with Crippen LogP contribution in [0.25, 0.3) is 0 Å². The molecule has 1 aliphatic rings. The summed E-state index contributed by atoms with van der Waals surface area (Å²) in [6.45, 7) is 8.62. The second kappa shape index (κ2) is 10.3. The molecule has 1 unspecified atom stereocenters. The van der Waals surface area contributed by atoms with E-state index in [1.807, 2.05) is 25.7 Å². The number of carbonyl (C=O) groups excluding carboxylic acids is 2. The van der Waals surface area contributed by atoms with Gasteiger partial charge < -0.3 is 15.4 Å². The fourth-order valence-electron chi connectivity index (χ4n) is 3.33. The molecule has 1 heterocycles. The molecular weight excluding hydrogens is 399 g/mol. The fourth-order valence-corrected chi connectivity index (χ4v) is 3.55. The van der Waals surface area contributed by atoms with Crippen LogP contribution in [0.5, 0.6) is 0 Å². The maximum absolute atomic E-state index is 13.4. The second-order valence-electron chi connectivity index (χ2n) is 8.32. The van der Waals surface area contributed by atoms with Crippen molar-refractivity contribution in [2.24, 2.45) is 0 Å². The van der Waals surface area contributed by atoms with Gasteiger partial charge in [0.15, 0.2) is 0 Å². The van der Waals surface area contributed by atoms with Gasteiger partial charge in [0.25, 0.3) is 0 Å². The van der Waals surface area contributed by atoms with Gasteiger partial charge in [-0.2, -0.15) is 0 Å². The van der Waals surface area contributed by atoms with Crippen LogP contribution < -0.4 is 10.6 Å². The third-order valence-corrected chi connectivity index (χ3v) is 4.64. The Morgan fingerprint density at radius 2 is 1.93 bits per heavy atom. The Bertz CT molecular complexity index is 706. The molecular formula is C20H30ClFN4O3. The number of nitrogens with one attached hydrogen (secondary N) is 2. The number of anilines is 1. The topological polar surface area (TPSA) is 73.9 Å². The van der Waals surface area contributed by atoms with Crippen LogP contribution in [0.3, 0.4) is 0 Å². The lowest BCUT2D eigenvalue weighted by molar-refractivity contribution is -0.125. The van der Waals surface area contributed by atoms with Gasteiger partial charge in [0.2, 0.25) is 11.8 Å². The highest BCUT2D eigenvalue weighted by Crippen LogP contribution is 2.18. The van der Waals surface area contributed by atoms with E-state index in [9.17, 15) is 14.0 Å². The molecule has 1 atom stereocenters. The van der Waals surface area contributed by atoms with E-state index < -0.39 is 5.82 Å². The first-order valence-corrected chi connectivity index (χ1v) is 9.96. The van der Waals surface area contributed by atoms with Crippen LogP contribution in [-0.4, -0.2) is 79.6 Å². The second-order valence-corrected chi connectivity index (χ2v) is 8.76. The third-order valence-electron chi connectivity index (χ3n) is 4.42. The van der Waals surface area contributed by atoms with E-state index in [0.717, 1.165) is 0 Å². The zero-order valence-electron chi connectivity index (χ0n) is 17.4. The number of nitrogens with zero attached hydrogens (tertiary/aromatic N) is 2. The fraction of sp³-hybridized carbons (Fsp3) is 0.600. The van der Waals surface area contributed by atoms with Crippen LogP contribution in [0.4, 0.5) is 10.1 Å². The average Bonchev–Trinajstić information content (AvgIpc) is 2.54. The van der Waals surface area contributed by atoms with Crippen molar-refractivity contribution in [3.8, 4) is 0 Å². The summed E-state index contributed by atoms with van der Waals surface area (Å²) in [6, 6.07) is 3.88. The lowest BCUT2D eigenvalue weighted by Crippen LogP contribution is -2.58. The first-order valence-electron chi connectivity index (χ1n) is 9.58. The molecule has 0 aliphatic carbocycles. The minimum absolute atomic E-state index is 0.0251. The van der Waals surface area contributed by atoms with E-state index >= 15 is 0 Å². The number of ether oxygens (including phenoxy) is 1. The summed E-state index contributed by atoms with van der Waals surface area (Å²) < 4.78 is 18.8. The Labute approximate surface area is 176 Å². The van der Waals surface area contributed by atoms with Crippen LogP contribution in [-0.2, 0) is 14.3 Å². The van der Waals surface area contributed by atoms with E-state index in [-0.39, 0.29) is 35.0 Å². The van der Waals surface area contributed by atoms with Gasteiger partial charge in [-0.05, 0) is 39.0 Å². The molecule has 0 saturated carbocycles. The highest BCUT2D eigenvalue weighted by atomic mass is 35.5. The third kappa shape index (κ3) is 8.26. The zero-order valence-corrected chi connectivity index (χ0v) is 18.2. The first-order chi connectivity index (χ1) is 13.6. The van der Waals surface area contributed by atoms with Crippen LogP contribution in [0, 0.1) is 5.82 Å². The number of rotatable bonds is 7. The van der Waals surface area contributed by atoms with E-state index in [4.69, 9.17) is 16.3 Å². The molecule has 162 valence electrons. The largest absolute Gasteiger partial charge is 0.383 e. The quantitative estimate of drug-likeness (QED) is 0.694. The number of methoxy groups -OCH3 is 1. The number of hydrogen-bond acceptors (Lipinski definition) is 5. The molecule has 9 heteroatoms. The number of carbonyl (C=O) groups is 2. The van der Waals surface area contributed by atoms with E-state index in [2.05, 4.69) is 15.5 Å². The van der Waals surface area contributed by atoms with Crippen LogP contribution >= 0.6 is 11.6 Å². The summed E-state index contributed by atoms with van der Waals surface area (Å²) in [5.74, 6) is -0.790. The molecule has 0 radical (unpaired) electrons. The van der Waals surface area contributed by atoms with Crippen LogP contribution in [0.1, 0.15) is 20.8 Å². The molecule has 0 spiro atoms. The molecule has 1 aromatic carbocycles. The predicted octanol–water partition coefficient (Wildman–Crippen LogP) is 1.96. The van der Waals surface area contributed by atoms with Gasteiger partial charge in [0, 0.05) is 49.0 Å². The lowest BCUT2D eigenvalue weighted by Gasteiger charge is -2.40. The molecule has 0 bridgehead atoms. The number of halogens is 2. The molecule has 29 heavy (non-hydrogen) atoms.